The van der Waals surface area contributed by atoms with Crippen molar-refractivity contribution < 1.29 is 14.3 Å². The molecule has 3 heterocycles. The highest BCUT2D eigenvalue weighted by atomic mass is 19.1. The number of carbonyl (C=O) groups excluding carboxylic acids is 1. The van der Waals surface area contributed by atoms with Crippen LogP contribution in [0, 0.1) is 5.82 Å². The molecule has 0 spiro atoms. The standard InChI is InChI=1S/C24H28FN5O3/c1-2-17-13-20-21(28-24(17)33)11-16(14-27-20)15-29-6-8-30(9-7-29)22-4-3-18(12-19(22)25)23(32)26-5-10-31/h3-4,11-14,31H,2,5-10,15H2,1H3,(H,26,32)(H,28,33). The van der Waals surface area contributed by atoms with E-state index in [1.165, 1.54) is 6.07 Å². The van der Waals surface area contributed by atoms with Gasteiger partial charge >= 0.3 is 0 Å². The van der Waals surface area contributed by atoms with Crippen molar-refractivity contribution in [2.75, 3.05) is 44.2 Å². The Morgan fingerprint density at radius 3 is 2.70 bits per heavy atom. The van der Waals surface area contributed by atoms with Crippen molar-refractivity contribution in [1.29, 1.82) is 0 Å². The van der Waals surface area contributed by atoms with Crippen molar-refractivity contribution in [3.05, 3.63) is 69.4 Å². The molecule has 1 aromatic carbocycles. The number of nitrogens with one attached hydrogen (secondary N) is 2. The number of carbonyl (C=O) groups is 1. The molecule has 0 atom stereocenters. The number of benzene rings is 1. The van der Waals surface area contributed by atoms with E-state index in [4.69, 9.17) is 5.11 Å². The van der Waals surface area contributed by atoms with Gasteiger partial charge in [-0.25, -0.2) is 4.39 Å². The average Bonchev–Trinajstić information content (AvgIpc) is 2.82. The fourth-order valence-corrected chi connectivity index (χ4v) is 4.10. The highest BCUT2D eigenvalue weighted by molar-refractivity contribution is 5.94. The fraction of sp³-hybridized carbons (Fsp3) is 0.375. The molecule has 0 saturated carbocycles. The van der Waals surface area contributed by atoms with Crippen molar-refractivity contribution in [2.24, 2.45) is 0 Å². The first-order valence-corrected chi connectivity index (χ1v) is 11.1. The molecule has 4 rings (SSSR count). The number of H-pyrrole nitrogens is 1. The van der Waals surface area contributed by atoms with Crippen LogP contribution < -0.4 is 15.8 Å². The second-order valence-corrected chi connectivity index (χ2v) is 8.16. The molecule has 1 saturated heterocycles. The lowest BCUT2D eigenvalue weighted by atomic mass is 10.1. The second kappa shape index (κ2) is 10.1. The predicted molar refractivity (Wildman–Crippen MR) is 125 cm³/mol. The largest absolute Gasteiger partial charge is 0.395 e. The fourth-order valence-electron chi connectivity index (χ4n) is 4.10. The van der Waals surface area contributed by atoms with Gasteiger partial charge in [-0.1, -0.05) is 6.92 Å². The van der Waals surface area contributed by atoms with Crippen LogP contribution in [-0.4, -0.2) is 65.2 Å². The number of amides is 1. The quantitative estimate of drug-likeness (QED) is 0.503. The minimum Gasteiger partial charge on any atom is -0.395 e. The van der Waals surface area contributed by atoms with Crippen molar-refractivity contribution in [1.82, 2.24) is 20.2 Å². The summed E-state index contributed by atoms with van der Waals surface area (Å²) in [6.07, 6.45) is 2.51. The Morgan fingerprint density at radius 2 is 2.00 bits per heavy atom. The van der Waals surface area contributed by atoms with Crippen LogP contribution in [0.15, 0.2) is 41.3 Å². The summed E-state index contributed by atoms with van der Waals surface area (Å²) in [5.74, 6) is -0.843. The zero-order valence-electron chi connectivity index (χ0n) is 18.6. The molecular formula is C24H28FN5O3. The van der Waals surface area contributed by atoms with Gasteiger partial charge < -0.3 is 20.3 Å². The molecule has 0 bridgehead atoms. The van der Waals surface area contributed by atoms with Crippen LogP contribution in [0.5, 0.6) is 0 Å². The molecule has 1 amide bonds. The van der Waals surface area contributed by atoms with Gasteiger partial charge in [0.15, 0.2) is 0 Å². The van der Waals surface area contributed by atoms with E-state index in [1.54, 1.807) is 12.1 Å². The number of anilines is 1. The van der Waals surface area contributed by atoms with Gasteiger partial charge in [-0.2, -0.15) is 0 Å². The average molecular weight is 454 g/mol. The number of hydrogen-bond donors (Lipinski definition) is 3. The first-order valence-electron chi connectivity index (χ1n) is 11.1. The van der Waals surface area contributed by atoms with Gasteiger partial charge in [0.1, 0.15) is 5.82 Å². The van der Waals surface area contributed by atoms with Crippen LogP contribution in [0.1, 0.15) is 28.4 Å². The summed E-state index contributed by atoms with van der Waals surface area (Å²) in [6.45, 7) is 5.43. The highest BCUT2D eigenvalue weighted by Gasteiger charge is 2.21. The number of aromatic amines is 1. The molecule has 3 aromatic rings. The van der Waals surface area contributed by atoms with E-state index >= 15 is 0 Å². The molecule has 0 aliphatic carbocycles. The van der Waals surface area contributed by atoms with E-state index in [0.29, 0.717) is 31.7 Å². The first kappa shape index (κ1) is 22.9. The Morgan fingerprint density at radius 1 is 1.21 bits per heavy atom. The number of aliphatic hydroxyl groups excluding tert-OH is 1. The van der Waals surface area contributed by atoms with Gasteiger partial charge in [0, 0.05) is 56.6 Å². The number of fused-ring (bicyclic) bond motifs is 1. The van der Waals surface area contributed by atoms with Gasteiger partial charge in [-0.15, -0.1) is 0 Å². The smallest absolute Gasteiger partial charge is 0.251 e. The number of rotatable bonds is 7. The number of pyridine rings is 2. The molecule has 1 aliphatic rings. The van der Waals surface area contributed by atoms with E-state index in [9.17, 15) is 14.0 Å². The molecule has 2 aromatic heterocycles. The van der Waals surface area contributed by atoms with E-state index in [2.05, 4.69) is 20.2 Å². The third-order valence-corrected chi connectivity index (χ3v) is 5.93. The summed E-state index contributed by atoms with van der Waals surface area (Å²) in [7, 11) is 0. The van der Waals surface area contributed by atoms with Crippen LogP contribution in [0.4, 0.5) is 10.1 Å². The van der Waals surface area contributed by atoms with E-state index in [1.807, 2.05) is 30.2 Å². The zero-order chi connectivity index (χ0) is 23.4. The normalized spacial score (nSPS) is 14.6. The highest BCUT2D eigenvalue weighted by Crippen LogP contribution is 2.23. The summed E-state index contributed by atoms with van der Waals surface area (Å²) in [4.78, 5) is 35.7. The topological polar surface area (TPSA) is 102 Å². The van der Waals surface area contributed by atoms with E-state index in [-0.39, 0.29) is 24.3 Å². The lowest BCUT2D eigenvalue weighted by molar-refractivity contribution is 0.0944. The summed E-state index contributed by atoms with van der Waals surface area (Å²) in [5.41, 5.74) is 3.89. The minimum absolute atomic E-state index is 0.0727. The maximum Gasteiger partial charge on any atom is 0.251 e. The van der Waals surface area contributed by atoms with Gasteiger partial charge in [-0.3, -0.25) is 19.5 Å². The molecule has 174 valence electrons. The molecule has 3 N–H and O–H groups in total. The summed E-state index contributed by atoms with van der Waals surface area (Å²) in [5, 5.41) is 11.3. The third kappa shape index (κ3) is 5.20. The van der Waals surface area contributed by atoms with Crippen LogP contribution in [0.2, 0.25) is 0 Å². The van der Waals surface area contributed by atoms with Crippen LogP contribution in [0.25, 0.3) is 11.0 Å². The van der Waals surface area contributed by atoms with E-state index in [0.717, 1.165) is 35.2 Å². The van der Waals surface area contributed by atoms with Crippen molar-refractivity contribution in [2.45, 2.75) is 19.9 Å². The number of aryl methyl sites for hydroxylation is 1. The summed E-state index contributed by atoms with van der Waals surface area (Å²) < 4.78 is 14.7. The molecule has 1 fully saturated rings. The van der Waals surface area contributed by atoms with Crippen molar-refractivity contribution in [3.63, 3.8) is 0 Å². The Hall–Kier alpha value is -3.30. The number of aliphatic hydroxyl groups is 1. The van der Waals surface area contributed by atoms with E-state index < -0.39 is 11.7 Å². The SMILES string of the molecule is CCc1cc2ncc(CN3CCN(c4ccc(C(=O)NCCO)cc4F)CC3)cc2[nH]c1=O. The van der Waals surface area contributed by atoms with Crippen molar-refractivity contribution >= 4 is 22.6 Å². The van der Waals surface area contributed by atoms with Gasteiger partial charge in [0.2, 0.25) is 0 Å². The lowest BCUT2D eigenvalue weighted by Gasteiger charge is -2.36. The molecule has 0 radical (unpaired) electrons. The summed E-state index contributed by atoms with van der Waals surface area (Å²) >= 11 is 0. The molecule has 1 aliphatic heterocycles. The Bertz CT molecular complexity index is 1200. The number of hydrogen-bond acceptors (Lipinski definition) is 6. The maximum absolute atomic E-state index is 14.7. The monoisotopic (exact) mass is 453 g/mol. The lowest BCUT2D eigenvalue weighted by Crippen LogP contribution is -2.46. The third-order valence-electron chi connectivity index (χ3n) is 5.93. The molecule has 0 unspecified atom stereocenters. The number of halogens is 1. The van der Waals surface area contributed by atoms with Crippen molar-refractivity contribution in [3.8, 4) is 0 Å². The Labute approximate surface area is 191 Å². The van der Waals surface area contributed by atoms with Gasteiger partial charge in [0.25, 0.3) is 11.5 Å². The molecule has 9 heteroatoms. The molecule has 33 heavy (non-hydrogen) atoms. The predicted octanol–water partition coefficient (Wildman–Crippen LogP) is 1.67. The number of aromatic nitrogens is 2. The number of piperazine rings is 1. The second-order valence-electron chi connectivity index (χ2n) is 8.16. The van der Waals surface area contributed by atoms with Gasteiger partial charge in [-0.05, 0) is 42.3 Å². The van der Waals surface area contributed by atoms with Crippen LogP contribution in [-0.2, 0) is 13.0 Å². The molecule has 8 nitrogen and oxygen atoms in total. The summed E-state index contributed by atoms with van der Waals surface area (Å²) in [6, 6.07) is 8.28. The van der Waals surface area contributed by atoms with Gasteiger partial charge in [0.05, 0.1) is 23.3 Å². The maximum atomic E-state index is 14.7. The number of nitrogens with zero attached hydrogens (tertiary/aromatic N) is 3. The zero-order valence-corrected chi connectivity index (χ0v) is 18.6. The molecular weight excluding hydrogens is 425 g/mol. The first-order chi connectivity index (χ1) is 16.0. The van der Waals surface area contributed by atoms with Crippen LogP contribution in [0.3, 0.4) is 0 Å². The Balaban J connectivity index is 1.38. The van der Waals surface area contributed by atoms with Crippen LogP contribution >= 0.6 is 0 Å². The Kier molecular flexibility index (Phi) is 7.00. The minimum atomic E-state index is -0.436.